The SMILES string of the molecule is CC(C)(C)c1cc(N)nc(C2Cc3ccccc32)n1. The summed E-state index contributed by atoms with van der Waals surface area (Å²) in [5.74, 6) is 1.74. The lowest BCUT2D eigenvalue weighted by Crippen LogP contribution is -2.23. The summed E-state index contributed by atoms with van der Waals surface area (Å²) in [5.41, 5.74) is 9.69. The van der Waals surface area contributed by atoms with Crippen LogP contribution in [0.4, 0.5) is 5.82 Å². The van der Waals surface area contributed by atoms with Crippen LogP contribution in [0.1, 0.15) is 49.3 Å². The molecule has 0 amide bonds. The molecule has 0 spiro atoms. The fraction of sp³-hybridized carbons (Fsp3) is 0.375. The largest absolute Gasteiger partial charge is 0.384 e. The maximum absolute atomic E-state index is 5.94. The molecule has 1 aromatic carbocycles. The molecule has 1 unspecified atom stereocenters. The van der Waals surface area contributed by atoms with Crippen molar-refractivity contribution in [2.75, 3.05) is 5.73 Å². The average Bonchev–Trinajstić information content (AvgIpc) is 2.29. The Morgan fingerprint density at radius 2 is 1.89 bits per heavy atom. The van der Waals surface area contributed by atoms with Gasteiger partial charge < -0.3 is 5.73 Å². The Labute approximate surface area is 113 Å². The molecular weight excluding hydrogens is 234 g/mol. The first-order chi connectivity index (χ1) is 8.95. The van der Waals surface area contributed by atoms with E-state index in [1.54, 1.807) is 0 Å². The van der Waals surface area contributed by atoms with Crippen molar-refractivity contribution in [2.45, 2.75) is 38.5 Å². The number of benzene rings is 1. The fourth-order valence-corrected chi connectivity index (χ4v) is 2.51. The number of nitrogens with zero attached hydrogens (tertiary/aromatic N) is 2. The molecule has 3 heteroatoms. The molecule has 0 bridgehead atoms. The number of nitrogen functional groups attached to an aromatic ring is 1. The number of aromatic nitrogens is 2. The molecule has 1 heterocycles. The number of rotatable bonds is 1. The van der Waals surface area contributed by atoms with E-state index in [4.69, 9.17) is 10.7 Å². The van der Waals surface area contributed by atoms with E-state index in [1.165, 1.54) is 11.1 Å². The summed E-state index contributed by atoms with van der Waals surface area (Å²) in [7, 11) is 0. The number of hydrogen-bond acceptors (Lipinski definition) is 3. The molecule has 1 aromatic heterocycles. The number of hydrogen-bond donors (Lipinski definition) is 1. The van der Waals surface area contributed by atoms with E-state index in [-0.39, 0.29) is 5.41 Å². The summed E-state index contributed by atoms with van der Waals surface area (Å²) in [4.78, 5) is 9.17. The second kappa shape index (κ2) is 4.05. The van der Waals surface area contributed by atoms with Crippen LogP contribution in [-0.2, 0) is 11.8 Å². The quantitative estimate of drug-likeness (QED) is 0.849. The van der Waals surface area contributed by atoms with Crippen LogP contribution in [0, 0.1) is 0 Å². The molecular formula is C16H19N3. The highest BCUT2D eigenvalue weighted by molar-refractivity contribution is 5.45. The van der Waals surface area contributed by atoms with E-state index in [0.717, 1.165) is 17.9 Å². The van der Waals surface area contributed by atoms with Crippen LogP contribution in [-0.4, -0.2) is 9.97 Å². The Kier molecular flexibility index (Phi) is 2.59. The van der Waals surface area contributed by atoms with Crippen molar-refractivity contribution in [2.24, 2.45) is 0 Å². The molecule has 3 rings (SSSR count). The lowest BCUT2D eigenvalue weighted by molar-refractivity contribution is 0.553. The molecule has 98 valence electrons. The lowest BCUT2D eigenvalue weighted by atomic mass is 9.77. The zero-order valence-corrected chi connectivity index (χ0v) is 11.6. The highest BCUT2D eigenvalue weighted by Gasteiger charge is 2.30. The van der Waals surface area contributed by atoms with Gasteiger partial charge in [-0.05, 0) is 17.5 Å². The number of fused-ring (bicyclic) bond motifs is 1. The van der Waals surface area contributed by atoms with Crippen LogP contribution in [0.5, 0.6) is 0 Å². The molecule has 0 fully saturated rings. The molecule has 3 nitrogen and oxygen atoms in total. The van der Waals surface area contributed by atoms with Crippen LogP contribution >= 0.6 is 0 Å². The summed E-state index contributed by atoms with van der Waals surface area (Å²) in [6.07, 6.45) is 1.02. The van der Waals surface area contributed by atoms with Crippen molar-refractivity contribution in [3.63, 3.8) is 0 Å². The van der Waals surface area contributed by atoms with E-state index < -0.39 is 0 Å². The van der Waals surface area contributed by atoms with Crippen LogP contribution < -0.4 is 5.73 Å². The zero-order chi connectivity index (χ0) is 13.6. The minimum absolute atomic E-state index is 0.00489. The predicted molar refractivity (Wildman–Crippen MR) is 77.1 cm³/mol. The first-order valence-electron chi connectivity index (χ1n) is 6.68. The third-order valence-electron chi connectivity index (χ3n) is 3.70. The maximum atomic E-state index is 5.94. The van der Waals surface area contributed by atoms with Gasteiger partial charge in [-0.1, -0.05) is 45.0 Å². The molecule has 0 saturated heterocycles. The van der Waals surface area contributed by atoms with Gasteiger partial charge in [0.25, 0.3) is 0 Å². The standard InChI is InChI=1S/C16H19N3/c1-16(2,3)13-9-14(17)19-15(18-13)12-8-10-6-4-5-7-11(10)12/h4-7,9,12H,8H2,1-3H3,(H2,17,18,19). The van der Waals surface area contributed by atoms with Gasteiger partial charge in [0.2, 0.25) is 0 Å². The minimum Gasteiger partial charge on any atom is -0.384 e. The van der Waals surface area contributed by atoms with E-state index in [1.807, 2.05) is 6.07 Å². The number of nitrogens with two attached hydrogens (primary N) is 1. The average molecular weight is 253 g/mol. The van der Waals surface area contributed by atoms with Crippen LogP contribution in [0.15, 0.2) is 30.3 Å². The van der Waals surface area contributed by atoms with Crippen molar-refractivity contribution in [1.29, 1.82) is 0 Å². The van der Waals surface area contributed by atoms with Gasteiger partial charge in [0, 0.05) is 17.4 Å². The molecule has 2 N–H and O–H groups in total. The second-order valence-electron chi connectivity index (χ2n) is 6.24. The summed E-state index contributed by atoms with van der Waals surface area (Å²) < 4.78 is 0. The van der Waals surface area contributed by atoms with Gasteiger partial charge in [0.1, 0.15) is 11.6 Å². The van der Waals surface area contributed by atoms with Crippen LogP contribution in [0.2, 0.25) is 0 Å². The van der Waals surface area contributed by atoms with Crippen LogP contribution in [0.25, 0.3) is 0 Å². The third-order valence-corrected chi connectivity index (χ3v) is 3.70. The smallest absolute Gasteiger partial charge is 0.138 e. The summed E-state index contributed by atoms with van der Waals surface area (Å²) in [6, 6.07) is 10.4. The Hall–Kier alpha value is -1.90. The fourth-order valence-electron chi connectivity index (χ4n) is 2.51. The molecule has 0 saturated carbocycles. The highest BCUT2D eigenvalue weighted by atomic mass is 15.0. The van der Waals surface area contributed by atoms with Crippen molar-refractivity contribution >= 4 is 5.82 Å². The van der Waals surface area contributed by atoms with E-state index in [9.17, 15) is 0 Å². The van der Waals surface area contributed by atoms with Gasteiger partial charge in [0.15, 0.2) is 0 Å². The van der Waals surface area contributed by atoms with Gasteiger partial charge in [-0.15, -0.1) is 0 Å². The van der Waals surface area contributed by atoms with Gasteiger partial charge in [-0.25, -0.2) is 9.97 Å². The predicted octanol–water partition coefficient (Wildman–Crippen LogP) is 3.04. The maximum Gasteiger partial charge on any atom is 0.138 e. The van der Waals surface area contributed by atoms with E-state index in [2.05, 4.69) is 50.0 Å². The minimum atomic E-state index is -0.00489. The molecule has 2 aromatic rings. The first kappa shape index (κ1) is 12.2. The van der Waals surface area contributed by atoms with Crippen molar-refractivity contribution in [1.82, 2.24) is 9.97 Å². The normalized spacial score (nSPS) is 17.7. The Balaban J connectivity index is 2.02. The number of anilines is 1. The lowest BCUT2D eigenvalue weighted by Gasteiger charge is -2.30. The topological polar surface area (TPSA) is 51.8 Å². The Morgan fingerprint density at radius 3 is 2.58 bits per heavy atom. The summed E-state index contributed by atoms with van der Waals surface area (Å²) in [6.45, 7) is 6.44. The van der Waals surface area contributed by atoms with Crippen molar-refractivity contribution in [3.8, 4) is 0 Å². The van der Waals surface area contributed by atoms with E-state index in [0.29, 0.717) is 11.7 Å². The molecule has 1 aliphatic rings. The molecule has 1 aliphatic carbocycles. The van der Waals surface area contributed by atoms with Crippen molar-refractivity contribution < 1.29 is 0 Å². The first-order valence-corrected chi connectivity index (χ1v) is 6.68. The Morgan fingerprint density at radius 1 is 1.16 bits per heavy atom. The monoisotopic (exact) mass is 253 g/mol. The molecule has 0 aliphatic heterocycles. The Bertz CT molecular complexity index is 626. The summed E-state index contributed by atoms with van der Waals surface area (Å²) >= 11 is 0. The molecule has 1 atom stereocenters. The van der Waals surface area contributed by atoms with Gasteiger partial charge in [-0.2, -0.15) is 0 Å². The van der Waals surface area contributed by atoms with Gasteiger partial charge >= 0.3 is 0 Å². The molecule has 0 radical (unpaired) electrons. The second-order valence-corrected chi connectivity index (χ2v) is 6.24. The zero-order valence-electron chi connectivity index (χ0n) is 11.6. The van der Waals surface area contributed by atoms with Crippen LogP contribution in [0.3, 0.4) is 0 Å². The van der Waals surface area contributed by atoms with Crippen molar-refractivity contribution in [3.05, 3.63) is 53.0 Å². The summed E-state index contributed by atoms with van der Waals surface area (Å²) in [5, 5.41) is 0. The van der Waals surface area contributed by atoms with Gasteiger partial charge in [0.05, 0.1) is 5.69 Å². The van der Waals surface area contributed by atoms with Gasteiger partial charge in [-0.3, -0.25) is 0 Å². The molecule has 19 heavy (non-hydrogen) atoms. The van der Waals surface area contributed by atoms with E-state index >= 15 is 0 Å². The third kappa shape index (κ3) is 2.09. The highest BCUT2D eigenvalue weighted by Crippen LogP contribution is 2.39.